The Morgan fingerprint density at radius 3 is 2.68 bits per heavy atom. The lowest BCUT2D eigenvalue weighted by molar-refractivity contribution is -0.0466. The van der Waals surface area contributed by atoms with Crippen molar-refractivity contribution in [2.75, 3.05) is 13.2 Å². The van der Waals surface area contributed by atoms with E-state index in [-0.39, 0.29) is 17.5 Å². The zero-order valence-electron chi connectivity index (χ0n) is 10.9. The molecule has 1 heterocycles. The molecule has 1 N–H and O–H groups in total. The lowest BCUT2D eigenvalue weighted by Crippen LogP contribution is -2.55. The van der Waals surface area contributed by atoms with E-state index in [4.69, 9.17) is 16.3 Å². The highest BCUT2D eigenvalue weighted by atomic mass is 35.5. The van der Waals surface area contributed by atoms with Gasteiger partial charge in [-0.3, -0.25) is 0 Å². The van der Waals surface area contributed by atoms with Gasteiger partial charge in [0.1, 0.15) is 5.82 Å². The molecule has 1 atom stereocenters. The van der Waals surface area contributed by atoms with Gasteiger partial charge in [0.25, 0.3) is 0 Å². The maximum Gasteiger partial charge on any atom is 0.124 e. The van der Waals surface area contributed by atoms with Crippen LogP contribution < -0.4 is 5.32 Å². The number of benzene rings is 1. The third-order valence-corrected chi connectivity index (χ3v) is 4.67. The molecule has 2 aliphatic rings. The van der Waals surface area contributed by atoms with Crippen LogP contribution in [0.3, 0.4) is 0 Å². The fourth-order valence-electron chi connectivity index (χ4n) is 3.19. The molecular formula is C15H19ClFNO. The second-order valence-electron chi connectivity index (χ2n) is 5.69. The zero-order chi connectivity index (χ0) is 13.3. The number of rotatable bonds is 1. The van der Waals surface area contributed by atoms with E-state index in [9.17, 15) is 4.39 Å². The molecule has 2 fully saturated rings. The monoisotopic (exact) mass is 283 g/mol. The molecule has 0 aromatic heterocycles. The third kappa shape index (κ3) is 2.78. The summed E-state index contributed by atoms with van der Waals surface area (Å²) in [6.45, 7) is 1.48. The van der Waals surface area contributed by atoms with Crippen LogP contribution in [0.2, 0.25) is 5.02 Å². The fraction of sp³-hybridized carbons (Fsp3) is 0.600. The number of halogens is 2. The molecule has 0 radical (unpaired) electrons. The predicted molar refractivity (Wildman–Crippen MR) is 73.9 cm³/mol. The fourth-order valence-corrected chi connectivity index (χ4v) is 3.48. The molecule has 104 valence electrons. The van der Waals surface area contributed by atoms with Crippen molar-refractivity contribution in [1.29, 1.82) is 0 Å². The first-order valence-electron chi connectivity index (χ1n) is 7.00. The summed E-state index contributed by atoms with van der Waals surface area (Å²) in [7, 11) is 0. The van der Waals surface area contributed by atoms with Gasteiger partial charge in [0, 0.05) is 22.7 Å². The summed E-state index contributed by atoms with van der Waals surface area (Å²) in [4.78, 5) is 0. The van der Waals surface area contributed by atoms with Gasteiger partial charge < -0.3 is 10.1 Å². The molecule has 1 aliphatic heterocycles. The van der Waals surface area contributed by atoms with E-state index in [1.807, 2.05) is 0 Å². The third-order valence-electron chi connectivity index (χ3n) is 4.34. The molecule has 1 aromatic carbocycles. The standard InChI is InChI=1S/C15H19ClFNO/c16-13-8-11(17)4-5-12(13)14-9-18-15(10-19-14)6-2-1-3-7-15/h4-5,8,14,18H,1-3,6-7,9-10H2. The second-order valence-corrected chi connectivity index (χ2v) is 6.09. The average Bonchev–Trinajstić information content (AvgIpc) is 2.41. The normalized spacial score (nSPS) is 26.5. The van der Waals surface area contributed by atoms with Gasteiger partial charge in [0.05, 0.1) is 12.7 Å². The molecule has 1 aliphatic carbocycles. The Hall–Kier alpha value is -0.640. The number of ether oxygens (including phenoxy) is 1. The van der Waals surface area contributed by atoms with Crippen molar-refractivity contribution in [3.8, 4) is 0 Å². The molecule has 1 saturated carbocycles. The maximum absolute atomic E-state index is 13.1. The van der Waals surface area contributed by atoms with Crippen LogP contribution in [-0.4, -0.2) is 18.7 Å². The summed E-state index contributed by atoms with van der Waals surface area (Å²) in [6.07, 6.45) is 6.20. The molecule has 2 nitrogen and oxygen atoms in total. The lowest BCUT2D eigenvalue weighted by Gasteiger charge is -2.44. The number of morpholine rings is 1. The van der Waals surface area contributed by atoms with E-state index < -0.39 is 0 Å². The average molecular weight is 284 g/mol. The highest BCUT2D eigenvalue weighted by molar-refractivity contribution is 6.31. The molecule has 4 heteroatoms. The molecule has 3 rings (SSSR count). The van der Waals surface area contributed by atoms with E-state index in [1.54, 1.807) is 6.07 Å². The topological polar surface area (TPSA) is 21.3 Å². The van der Waals surface area contributed by atoms with Gasteiger partial charge in [-0.25, -0.2) is 4.39 Å². The van der Waals surface area contributed by atoms with Crippen LogP contribution in [0, 0.1) is 5.82 Å². The lowest BCUT2D eigenvalue weighted by atomic mass is 9.81. The van der Waals surface area contributed by atoms with Gasteiger partial charge in [-0.05, 0) is 25.0 Å². The van der Waals surface area contributed by atoms with Crippen molar-refractivity contribution in [3.63, 3.8) is 0 Å². The second kappa shape index (κ2) is 5.39. The van der Waals surface area contributed by atoms with Crippen LogP contribution in [0.4, 0.5) is 4.39 Å². The molecule has 19 heavy (non-hydrogen) atoms. The van der Waals surface area contributed by atoms with Gasteiger partial charge in [-0.1, -0.05) is 36.9 Å². The Bertz CT molecular complexity index is 449. The predicted octanol–water partition coefficient (Wildman–Crippen LogP) is 3.84. The minimum Gasteiger partial charge on any atom is -0.370 e. The van der Waals surface area contributed by atoms with Crippen molar-refractivity contribution < 1.29 is 9.13 Å². The van der Waals surface area contributed by atoms with Crippen molar-refractivity contribution in [1.82, 2.24) is 5.32 Å². The Kier molecular flexibility index (Phi) is 3.79. The minimum atomic E-state index is -0.304. The summed E-state index contributed by atoms with van der Waals surface area (Å²) in [5.41, 5.74) is 1.04. The SMILES string of the molecule is Fc1ccc(C2CNC3(CCCCC3)CO2)c(Cl)c1. The van der Waals surface area contributed by atoms with E-state index in [0.717, 1.165) is 18.7 Å². The minimum absolute atomic E-state index is 0.0688. The van der Waals surface area contributed by atoms with Crippen molar-refractivity contribution in [3.05, 3.63) is 34.6 Å². The summed E-state index contributed by atoms with van der Waals surface area (Å²) in [5.74, 6) is -0.304. The summed E-state index contributed by atoms with van der Waals surface area (Å²) in [5, 5.41) is 4.10. The van der Waals surface area contributed by atoms with Crippen LogP contribution in [0.5, 0.6) is 0 Å². The van der Waals surface area contributed by atoms with Crippen LogP contribution in [0.25, 0.3) is 0 Å². The quantitative estimate of drug-likeness (QED) is 0.845. The van der Waals surface area contributed by atoms with Crippen molar-refractivity contribution in [2.24, 2.45) is 0 Å². The van der Waals surface area contributed by atoms with Crippen molar-refractivity contribution in [2.45, 2.75) is 43.7 Å². The highest BCUT2D eigenvalue weighted by Gasteiger charge is 2.37. The van der Waals surface area contributed by atoms with E-state index in [2.05, 4.69) is 5.32 Å². The van der Waals surface area contributed by atoms with Crippen molar-refractivity contribution >= 4 is 11.6 Å². The molecule has 0 bridgehead atoms. The maximum atomic E-state index is 13.1. The Balaban J connectivity index is 1.69. The van der Waals surface area contributed by atoms with Crippen LogP contribution in [0.15, 0.2) is 18.2 Å². The zero-order valence-corrected chi connectivity index (χ0v) is 11.7. The molecule has 0 amide bonds. The van der Waals surface area contributed by atoms with Gasteiger partial charge in [-0.2, -0.15) is 0 Å². The molecule has 1 saturated heterocycles. The van der Waals surface area contributed by atoms with Crippen LogP contribution in [0.1, 0.15) is 43.8 Å². The van der Waals surface area contributed by atoms with Crippen LogP contribution >= 0.6 is 11.6 Å². The molecule has 1 unspecified atom stereocenters. The first-order valence-corrected chi connectivity index (χ1v) is 7.38. The summed E-state index contributed by atoms with van der Waals surface area (Å²) < 4.78 is 19.1. The van der Waals surface area contributed by atoms with Gasteiger partial charge in [-0.15, -0.1) is 0 Å². The first kappa shape index (κ1) is 13.3. The summed E-state index contributed by atoms with van der Waals surface area (Å²) in [6, 6.07) is 4.52. The number of nitrogens with one attached hydrogen (secondary N) is 1. The Morgan fingerprint density at radius 1 is 1.26 bits per heavy atom. The number of hydrogen-bond acceptors (Lipinski definition) is 2. The molecular weight excluding hydrogens is 265 g/mol. The highest BCUT2D eigenvalue weighted by Crippen LogP contribution is 2.35. The van der Waals surface area contributed by atoms with Gasteiger partial charge in [0.2, 0.25) is 0 Å². The molecule has 1 aromatic rings. The first-order chi connectivity index (χ1) is 9.19. The van der Waals surface area contributed by atoms with Crippen LogP contribution in [-0.2, 0) is 4.74 Å². The molecule has 1 spiro atoms. The number of hydrogen-bond donors (Lipinski definition) is 1. The van der Waals surface area contributed by atoms with E-state index >= 15 is 0 Å². The summed E-state index contributed by atoms with van der Waals surface area (Å²) >= 11 is 6.09. The van der Waals surface area contributed by atoms with Gasteiger partial charge >= 0.3 is 0 Å². The smallest absolute Gasteiger partial charge is 0.124 e. The largest absolute Gasteiger partial charge is 0.370 e. The van der Waals surface area contributed by atoms with Gasteiger partial charge in [0.15, 0.2) is 0 Å². The van der Waals surface area contributed by atoms with E-state index in [1.165, 1.54) is 44.2 Å². The Labute approximate surface area is 118 Å². The Morgan fingerprint density at radius 2 is 2.05 bits per heavy atom. The van der Waals surface area contributed by atoms with E-state index in [0.29, 0.717) is 5.02 Å².